The third-order valence-electron chi connectivity index (χ3n) is 4.83. The van der Waals surface area contributed by atoms with E-state index in [9.17, 15) is 0 Å². The molecule has 1 saturated heterocycles. The Kier molecular flexibility index (Phi) is 4.32. The highest BCUT2D eigenvalue weighted by atomic mass is 16.3. The topological polar surface area (TPSA) is 28.4 Å². The van der Waals surface area contributed by atoms with Crippen LogP contribution in [0, 0.1) is 0 Å². The van der Waals surface area contributed by atoms with Crippen LogP contribution in [-0.2, 0) is 6.42 Å². The Morgan fingerprint density at radius 3 is 2.81 bits per heavy atom. The summed E-state index contributed by atoms with van der Waals surface area (Å²) in [5, 5.41) is 4.76. The fraction of sp³-hybridized carbons (Fsp3) is 0.556. The van der Waals surface area contributed by atoms with E-state index in [2.05, 4.69) is 55.3 Å². The van der Waals surface area contributed by atoms with Crippen molar-refractivity contribution in [2.24, 2.45) is 0 Å². The second kappa shape index (κ2) is 6.20. The van der Waals surface area contributed by atoms with Gasteiger partial charge in [0.15, 0.2) is 0 Å². The molecule has 0 amide bonds. The van der Waals surface area contributed by atoms with E-state index in [1.54, 1.807) is 0 Å². The minimum Gasteiger partial charge on any atom is -0.459 e. The fourth-order valence-corrected chi connectivity index (χ4v) is 3.74. The molecule has 2 aromatic rings. The predicted molar refractivity (Wildman–Crippen MR) is 87.7 cm³/mol. The van der Waals surface area contributed by atoms with E-state index < -0.39 is 0 Å². The molecular formula is C18H26N2O. The molecule has 1 N–H and O–H groups in total. The predicted octanol–water partition coefficient (Wildman–Crippen LogP) is 3.74. The van der Waals surface area contributed by atoms with E-state index in [1.807, 2.05) is 0 Å². The zero-order valence-corrected chi connectivity index (χ0v) is 13.4. The van der Waals surface area contributed by atoms with Crippen LogP contribution in [0.3, 0.4) is 0 Å². The van der Waals surface area contributed by atoms with Crippen molar-refractivity contribution in [3.05, 3.63) is 35.6 Å². The zero-order valence-electron chi connectivity index (χ0n) is 13.4. The maximum Gasteiger partial charge on any atom is 0.134 e. The van der Waals surface area contributed by atoms with Gasteiger partial charge in [0.1, 0.15) is 11.3 Å². The first-order chi connectivity index (χ1) is 10.3. The summed E-state index contributed by atoms with van der Waals surface area (Å²) in [6.07, 6.45) is 2.26. The summed E-state index contributed by atoms with van der Waals surface area (Å²) in [7, 11) is 0. The maximum absolute atomic E-state index is 6.23. The van der Waals surface area contributed by atoms with Gasteiger partial charge in [-0.25, -0.2) is 0 Å². The smallest absolute Gasteiger partial charge is 0.134 e. The molecule has 3 nitrogen and oxygen atoms in total. The van der Waals surface area contributed by atoms with Gasteiger partial charge in [-0.2, -0.15) is 0 Å². The van der Waals surface area contributed by atoms with Crippen LogP contribution in [-0.4, -0.2) is 30.6 Å². The number of benzene rings is 1. The Labute approximate surface area is 127 Å². The second-order valence-electron chi connectivity index (χ2n) is 5.95. The monoisotopic (exact) mass is 286 g/mol. The lowest BCUT2D eigenvalue weighted by Gasteiger charge is -2.32. The number of nitrogens with one attached hydrogen (secondary N) is 1. The van der Waals surface area contributed by atoms with Crippen LogP contribution in [0.2, 0.25) is 0 Å². The van der Waals surface area contributed by atoms with Crippen molar-refractivity contribution in [3.63, 3.8) is 0 Å². The van der Waals surface area contributed by atoms with E-state index in [0.29, 0.717) is 12.1 Å². The van der Waals surface area contributed by atoms with Crippen LogP contribution in [0.15, 0.2) is 28.7 Å². The summed E-state index contributed by atoms with van der Waals surface area (Å²) >= 11 is 0. The van der Waals surface area contributed by atoms with Crippen LogP contribution in [0.4, 0.5) is 0 Å². The van der Waals surface area contributed by atoms with Crippen LogP contribution in [0.5, 0.6) is 0 Å². The van der Waals surface area contributed by atoms with E-state index >= 15 is 0 Å². The molecule has 2 atom stereocenters. The molecule has 3 rings (SSSR count). The van der Waals surface area contributed by atoms with E-state index in [-0.39, 0.29) is 0 Å². The van der Waals surface area contributed by atoms with Gasteiger partial charge in [-0.3, -0.25) is 4.90 Å². The van der Waals surface area contributed by atoms with Gasteiger partial charge in [0, 0.05) is 23.5 Å². The highest BCUT2D eigenvalue weighted by Crippen LogP contribution is 2.34. The third-order valence-corrected chi connectivity index (χ3v) is 4.83. The fourth-order valence-electron chi connectivity index (χ4n) is 3.74. The number of hydrogen-bond donors (Lipinski definition) is 1. The van der Waals surface area contributed by atoms with E-state index in [1.165, 1.54) is 17.4 Å². The van der Waals surface area contributed by atoms with Crippen LogP contribution < -0.4 is 5.32 Å². The van der Waals surface area contributed by atoms with Gasteiger partial charge < -0.3 is 9.73 Å². The Hall–Kier alpha value is -1.32. The molecule has 1 aliphatic heterocycles. The van der Waals surface area contributed by atoms with Crippen molar-refractivity contribution in [2.75, 3.05) is 19.6 Å². The first-order valence-electron chi connectivity index (χ1n) is 8.23. The Morgan fingerprint density at radius 2 is 2.14 bits per heavy atom. The SMILES string of the molecule is CCc1c(C(C)N(CC)C2CCNC2)oc2ccccc12. The van der Waals surface area contributed by atoms with Gasteiger partial charge in [-0.15, -0.1) is 0 Å². The minimum atomic E-state index is 0.335. The van der Waals surface area contributed by atoms with Crippen LogP contribution in [0.25, 0.3) is 11.0 Å². The Balaban J connectivity index is 1.97. The highest BCUT2D eigenvalue weighted by Gasteiger charge is 2.29. The number of para-hydroxylation sites is 1. The molecular weight excluding hydrogens is 260 g/mol. The van der Waals surface area contributed by atoms with Gasteiger partial charge in [-0.1, -0.05) is 32.0 Å². The largest absolute Gasteiger partial charge is 0.459 e. The number of hydrogen-bond acceptors (Lipinski definition) is 3. The summed E-state index contributed by atoms with van der Waals surface area (Å²) in [4.78, 5) is 2.58. The van der Waals surface area contributed by atoms with E-state index in [0.717, 1.165) is 37.4 Å². The van der Waals surface area contributed by atoms with Gasteiger partial charge in [0.05, 0.1) is 6.04 Å². The van der Waals surface area contributed by atoms with Gasteiger partial charge in [-0.05, 0) is 38.9 Å². The standard InChI is InChI=1S/C18H26N2O/c1-4-15-16-8-6-7-9-17(16)21-18(15)13(3)20(5-2)14-10-11-19-12-14/h6-9,13-14,19H,4-5,10-12H2,1-3H3. The molecule has 1 fully saturated rings. The average Bonchev–Trinajstić information content (AvgIpc) is 3.14. The summed E-state index contributed by atoms with van der Waals surface area (Å²) in [6.45, 7) is 10.1. The normalized spacial score (nSPS) is 20.5. The van der Waals surface area contributed by atoms with E-state index in [4.69, 9.17) is 4.42 Å². The quantitative estimate of drug-likeness (QED) is 0.907. The summed E-state index contributed by atoms with van der Waals surface area (Å²) < 4.78 is 6.23. The number of furan rings is 1. The molecule has 0 radical (unpaired) electrons. The van der Waals surface area contributed by atoms with Crippen LogP contribution in [0.1, 0.15) is 44.6 Å². The number of likely N-dealkylation sites (N-methyl/N-ethyl adjacent to an activating group) is 1. The first kappa shape index (κ1) is 14.6. The van der Waals surface area contributed by atoms with Crippen molar-refractivity contribution in [1.82, 2.24) is 10.2 Å². The van der Waals surface area contributed by atoms with Gasteiger partial charge in [0.2, 0.25) is 0 Å². The zero-order chi connectivity index (χ0) is 14.8. The van der Waals surface area contributed by atoms with Gasteiger partial charge >= 0.3 is 0 Å². The molecule has 1 aliphatic rings. The van der Waals surface area contributed by atoms with Crippen molar-refractivity contribution in [3.8, 4) is 0 Å². The third kappa shape index (κ3) is 2.60. The second-order valence-corrected chi connectivity index (χ2v) is 5.95. The summed E-state index contributed by atoms with van der Waals surface area (Å²) in [5.74, 6) is 1.16. The van der Waals surface area contributed by atoms with Crippen molar-refractivity contribution in [1.29, 1.82) is 0 Å². The number of rotatable bonds is 5. The molecule has 2 heterocycles. The molecule has 2 unspecified atom stereocenters. The van der Waals surface area contributed by atoms with Crippen molar-refractivity contribution >= 4 is 11.0 Å². The molecule has 0 aliphatic carbocycles. The minimum absolute atomic E-state index is 0.335. The highest BCUT2D eigenvalue weighted by molar-refractivity contribution is 5.82. The van der Waals surface area contributed by atoms with Crippen molar-refractivity contribution in [2.45, 2.75) is 45.7 Å². The van der Waals surface area contributed by atoms with Crippen molar-refractivity contribution < 1.29 is 4.42 Å². The lowest BCUT2D eigenvalue weighted by Crippen LogP contribution is -2.38. The lowest BCUT2D eigenvalue weighted by molar-refractivity contribution is 0.146. The maximum atomic E-state index is 6.23. The van der Waals surface area contributed by atoms with Gasteiger partial charge in [0.25, 0.3) is 0 Å². The molecule has 0 saturated carbocycles. The molecule has 0 spiro atoms. The number of nitrogens with zero attached hydrogens (tertiary/aromatic N) is 1. The Morgan fingerprint density at radius 1 is 1.33 bits per heavy atom. The first-order valence-corrected chi connectivity index (χ1v) is 8.23. The lowest BCUT2D eigenvalue weighted by atomic mass is 10.0. The summed E-state index contributed by atoms with van der Waals surface area (Å²) in [6, 6.07) is 9.38. The molecule has 114 valence electrons. The number of fused-ring (bicyclic) bond motifs is 1. The Bertz CT molecular complexity index is 598. The summed E-state index contributed by atoms with van der Waals surface area (Å²) in [5.41, 5.74) is 2.40. The average molecular weight is 286 g/mol. The molecule has 0 bridgehead atoms. The molecule has 1 aromatic heterocycles. The molecule has 21 heavy (non-hydrogen) atoms. The van der Waals surface area contributed by atoms with Crippen LogP contribution >= 0.6 is 0 Å². The molecule has 3 heteroatoms. The molecule has 1 aromatic carbocycles. The number of aryl methyl sites for hydroxylation is 1.